The van der Waals surface area contributed by atoms with E-state index in [0.717, 1.165) is 38.9 Å². The number of benzene rings is 1. The number of aromatic nitrogens is 4. The highest BCUT2D eigenvalue weighted by atomic mass is 16.2. The minimum Gasteiger partial charge on any atom is -0.337 e. The molecule has 1 aromatic carbocycles. The standard InChI is InChI=1S/C19H20N6O/c26-18(16-12-25-17(11-20-16)21-13-23-25)24-7-5-19(6-8-24)9-14-3-1-2-4-15(14)10-22-19/h1-4,11-13,22H,5-10H2. The summed E-state index contributed by atoms with van der Waals surface area (Å²) in [5, 5.41) is 7.82. The molecule has 2 aromatic heterocycles. The van der Waals surface area contributed by atoms with E-state index >= 15 is 0 Å². The Morgan fingerprint density at radius 3 is 2.77 bits per heavy atom. The van der Waals surface area contributed by atoms with Gasteiger partial charge in [0.25, 0.3) is 5.91 Å². The van der Waals surface area contributed by atoms with Crippen molar-refractivity contribution in [3.05, 3.63) is 59.8 Å². The molecule has 7 heteroatoms. The van der Waals surface area contributed by atoms with Gasteiger partial charge in [-0.3, -0.25) is 4.79 Å². The minimum absolute atomic E-state index is 0.0338. The third-order valence-corrected chi connectivity index (χ3v) is 5.69. The van der Waals surface area contributed by atoms with E-state index in [1.54, 1.807) is 16.9 Å². The first-order valence-corrected chi connectivity index (χ1v) is 8.99. The number of nitrogens with zero attached hydrogens (tertiary/aromatic N) is 5. The Bertz CT molecular complexity index is 973. The van der Waals surface area contributed by atoms with Crippen LogP contribution in [0.5, 0.6) is 0 Å². The predicted octanol–water partition coefficient (Wildman–Crippen LogP) is 1.45. The van der Waals surface area contributed by atoms with Crippen LogP contribution in [0, 0.1) is 0 Å². The minimum atomic E-state index is -0.0338. The summed E-state index contributed by atoms with van der Waals surface area (Å²) in [6.45, 7) is 2.39. The number of hydrogen-bond acceptors (Lipinski definition) is 5. The normalized spacial score (nSPS) is 18.8. The summed E-state index contributed by atoms with van der Waals surface area (Å²) in [4.78, 5) is 23.0. The molecule has 1 spiro atoms. The molecule has 0 saturated carbocycles. The van der Waals surface area contributed by atoms with Crippen LogP contribution < -0.4 is 5.32 Å². The summed E-state index contributed by atoms with van der Waals surface area (Å²) in [5.74, 6) is -0.0338. The van der Waals surface area contributed by atoms with Gasteiger partial charge in [0.15, 0.2) is 5.65 Å². The molecule has 0 unspecified atom stereocenters. The van der Waals surface area contributed by atoms with E-state index in [2.05, 4.69) is 44.6 Å². The first-order valence-electron chi connectivity index (χ1n) is 8.99. The second kappa shape index (κ2) is 5.88. The number of likely N-dealkylation sites (tertiary alicyclic amines) is 1. The van der Waals surface area contributed by atoms with Crippen molar-refractivity contribution in [3.8, 4) is 0 Å². The van der Waals surface area contributed by atoms with Crippen LogP contribution in [0.3, 0.4) is 0 Å². The van der Waals surface area contributed by atoms with Gasteiger partial charge in [-0.2, -0.15) is 5.10 Å². The lowest BCUT2D eigenvalue weighted by Gasteiger charge is -2.45. The molecule has 2 aliphatic heterocycles. The van der Waals surface area contributed by atoms with Crippen molar-refractivity contribution in [3.63, 3.8) is 0 Å². The number of carbonyl (C=O) groups excluding carboxylic acids is 1. The second-order valence-electron chi connectivity index (χ2n) is 7.21. The van der Waals surface area contributed by atoms with Crippen LogP contribution in [-0.4, -0.2) is 49.0 Å². The Kier molecular flexibility index (Phi) is 3.49. The zero-order valence-corrected chi connectivity index (χ0v) is 14.4. The van der Waals surface area contributed by atoms with E-state index in [9.17, 15) is 4.79 Å². The Labute approximate surface area is 151 Å². The van der Waals surface area contributed by atoms with Crippen LogP contribution >= 0.6 is 0 Å². The van der Waals surface area contributed by atoms with Gasteiger partial charge in [0, 0.05) is 25.2 Å². The van der Waals surface area contributed by atoms with Crippen molar-refractivity contribution in [2.75, 3.05) is 13.1 Å². The fraction of sp³-hybridized carbons (Fsp3) is 0.368. The van der Waals surface area contributed by atoms with Gasteiger partial charge in [-0.15, -0.1) is 0 Å². The fourth-order valence-electron chi connectivity index (χ4n) is 4.10. The Morgan fingerprint density at radius 1 is 1.12 bits per heavy atom. The van der Waals surface area contributed by atoms with E-state index in [-0.39, 0.29) is 11.4 Å². The molecule has 0 bridgehead atoms. The first-order chi connectivity index (χ1) is 12.7. The zero-order valence-electron chi connectivity index (χ0n) is 14.4. The smallest absolute Gasteiger partial charge is 0.274 e. The molecule has 0 radical (unpaired) electrons. The van der Waals surface area contributed by atoms with Crippen molar-refractivity contribution >= 4 is 11.6 Å². The first kappa shape index (κ1) is 15.5. The second-order valence-corrected chi connectivity index (χ2v) is 7.21. The molecular weight excluding hydrogens is 328 g/mol. The van der Waals surface area contributed by atoms with Gasteiger partial charge in [0.1, 0.15) is 12.0 Å². The van der Waals surface area contributed by atoms with E-state index in [0.29, 0.717) is 11.3 Å². The van der Waals surface area contributed by atoms with E-state index in [1.807, 2.05) is 4.90 Å². The lowest BCUT2D eigenvalue weighted by molar-refractivity contribution is 0.0624. The Morgan fingerprint density at radius 2 is 1.92 bits per heavy atom. The van der Waals surface area contributed by atoms with Crippen molar-refractivity contribution in [1.82, 2.24) is 29.8 Å². The molecule has 0 aliphatic carbocycles. The molecule has 4 heterocycles. The summed E-state index contributed by atoms with van der Waals surface area (Å²) >= 11 is 0. The molecular formula is C19H20N6O. The summed E-state index contributed by atoms with van der Waals surface area (Å²) < 4.78 is 1.59. The molecule has 1 fully saturated rings. The molecule has 1 amide bonds. The number of amides is 1. The third kappa shape index (κ3) is 2.55. The summed E-state index contributed by atoms with van der Waals surface area (Å²) in [6, 6.07) is 8.63. The molecule has 0 atom stereocenters. The number of piperidine rings is 1. The largest absolute Gasteiger partial charge is 0.337 e. The number of fused-ring (bicyclic) bond motifs is 2. The fourth-order valence-corrected chi connectivity index (χ4v) is 4.10. The molecule has 2 aliphatic rings. The molecule has 132 valence electrons. The summed E-state index contributed by atoms with van der Waals surface area (Å²) in [5.41, 5.74) is 3.99. The Balaban J connectivity index is 1.30. The Hall–Kier alpha value is -2.80. The van der Waals surface area contributed by atoms with Gasteiger partial charge < -0.3 is 10.2 Å². The van der Waals surface area contributed by atoms with Gasteiger partial charge in [-0.1, -0.05) is 24.3 Å². The van der Waals surface area contributed by atoms with Crippen LogP contribution in [-0.2, 0) is 13.0 Å². The highest BCUT2D eigenvalue weighted by Gasteiger charge is 2.38. The van der Waals surface area contributed by atoms with Gasteiger partial charge in [-0.25, -0.2) is 14.5 Å². The van der Waals surface area contributed by atoms with E-state index in [1.165, 1.54) is 17.5 Å². The highest BCUT2D eigenvalue weighted by molar-refractivity contribution is 5.92. The zero-order chi connectivity index (χ0) is 17.6. The lowest BCUT2D eigenvalue weighted by atomic mass is 9.78. The van der Waals surface area contributed by atoms with Crippen LogP contribution in [0.4, 0.5) is 0 Å². The van der Waals surface area contributed by atoms with Gasteiger partial charge in [-0.05, 0) is 30.4 Å². The van der Waals surface area contributed by atoms with Crippen molar-refractivity contribution in [2.45, 2.75) is 31.3 Å². The van der Waals surface area contributed by atoms with Crippen LogP contribution in [0.1, 0.15) is 34.5 Å². The molecule has 26 heavy (non-hydrogen) atoms. The summed E-state index contributed by atoms with van der Waals surface area (Å²) in [7, 11) is 0. The maximum absolute atomic E-state index is 12.8. The molecule has 5 rings (SSSR count). The predicted molar refractivity (Wildman–Crippen MR) is 95.6 cm³/mol. The average molecular weight is 348 g/mol. The quantitative estimate of drug-likeness (QED) is 0.720. The van der Waals surface area contributed by atoms with E-state index < -0.39 is 0 Å². The van der Waals surface area contributed by atoms with Gasteiger partial charge in [0.05, 0.1) is 12.4 Å². The maximum Gasteiger partial charge on any atom is 0.274 e. The molecule has 7 nitrogen and oxygen atoms in total. The number of nitrogens with one attached hydrogen (secondary N) is 1. The SMILES string of the molecule is O=C(c1cn2ncnc2cn1)N1CCC2(CC1)Cc1ccccc1CN2. The number of carbonyl (C=O) groups is 1. The van der Waals surface area contributed by atoms with Crippen molar-refractivity contribution < 1.29 is 4.79 Å². The third-order valence-electron chi connectivity index (χ3n) is 5.69. The van der Waals surface area contributed by atoms with Crippen molar-refractivity contribution in [1.29, 1.82) is 0 Å². The molecule has 1 N–H and O–H groups in total. The summed E-state index contributed by atoms with van der Waals surface area (Å²) in [6.07, 6.45) is 7.66. The lowest BCUT2D eigenvalue weighted by Crippen LogP contribution is -2.57. The van der Waals surface area contributed by atoms with Crippen LogP contribution in [0.2, 0.25) is 0 Å². The molecule has 1 saturated heterocycles. The monoisotopic (exact) mass is 348 g/mol. The maximum atomic E-state index is 12.8. The van der Waals surface area contributed by atoms with Crippen LogP contribution in [0.25, 0.3) is 5.65 Å². The topological polar surface area (TPSA) is 75.4 Å². The van der Waals surface area contributed by atoms with E-state index in [4.69, 9.17) is 0 Å². The number of rotatable bonds is 1. The molecule has 3 aromatic rings. The van der Waals surface area contributed by atoms with Gasteiger partial charge in [0.2, 0.25) is 0 Å². The average Bonchev–Trinajstić information content (AvgIpc) is 3.16. The van der Waals surface area contributed by atoms with Crippen molar-refractivity contribution in [2.24, 2.45) is 0 Å². The van der Waals surface area contributed by atoms with Gasteiger partial charge >= 0.3 is 0 Å². The highest BCUT2D eigenvalue weighted by Crippen LogP contribution is 2.32. The van der Waals surface area contributed by atoms with Crippen LogP contribution in [0.15, 0.2) is 43.0 Å². The number of hydrogen-bond donors (Lipinski definition) is 1.